The Balaban J connectivity index is 1.78. The first kappa shape index (κ1) is 17.5. The third kappa shape index (κ3) is 4.60. The zero-order valence-corrected chi connectivity index (χ0v) is 14.8. The van der Waals surface area contributed by atoms with Gasteiger partial charge in [-0.25, -0.2) is 0 Å². The average molecular weight is 359 g/mol. The molecule has 1 aliphatic rings. The summed E-state index contributed by atoms with van der Waals surface area (Å²) in [6.07, 6.45) is 2.74. The van der Waals surface area contributed by atoms with E-state index in [9.17, 15) is 9.59 Å². The molecule has 3 N–H and O–H groups in total. The number of thioether (sulfide) groups is 1. The van der Waals surface area contributed by atoms with Crippen molar-refractivity contribution in [3.8, 4) is 0 Å². The fraction of sp³-hybridized carbons (Fsp3) is 0.412. The lowest BCUT2D eigenvalue weighted by Gasteiger charge is -2.16. The van der Waals surface area contributed by atoms with Crippen molar-refractivity contribution in [2.45, 2.75) is 42.1 Å². The molecule has 0 spiro atoms. The molecular formula is C17H21N5O2S. The molecule has 25 heavy (non-hydrogen) atoms. The second-order valence-corrected chi connectivity index (χ2v) is 7.19. The van der Waals surface area contributed by atoms with Crippen molar-refractivity contribution in [2.75, 3.05) is 0 Å². The van der Waals surface area contributed by atoms with E-state index in [1.54, 1.807) is 0 Å². The molecule has 1 aromatic carbocycles. The van der Waals surface area contributed by atoms with Crippen LogP contribution in [-0.2, 0) is 23.1 Å². The lowest BCUT2D eigenvalue weighted by Crippen LogP contribution is -2.29. The Hall–Kier alpha value is -2.35. The van der Waals surface area contributed by atoms with Gasteiger partial charge in [-0.2, -0.15) is 0 Å². The summed E-state index contributed by atoms with van der Waals surface area (Å²) in [7, 11) is 1.83. The van der Waals surface area contributed by atoms with Crippen LogP contribution in [0.15, 0.2) is 35.5 Å². The van der Waals surface area contributed by atoms with Crippen LogP contribution in [0.4, 0.5) is 0 Å². The van der Waals surface area contributed by atoms with Gasteiger partial charge in [-0.3, -0.25) is 9.59 Å². The van der Waals surface area contributed by atoms with Crippen LogP contribution in [0.2, 0.25) is 0 Å². The third-order valence-electron chi connectivity index (χ3n) is 4.01. The number of aromatic nitrogens is 3. The van der Waals surface area contributed by atoms with E-state index in [2.05, 4.69) is 15.5 Å². The number of amides is 2. The third-order valence-corrected chi connectivity index (χ3v) is 5.30. The van der Waals surface area contributed by atoms with Crippen LogP contribution in [0.3, 0.4) is 0 Å². The molecule has 0 bridgehead atoms. The van der Waals surface area contributed by atoms with Crippen LogP contribution in [0.25, 0.3) is 0 Å². The van der Waals surface area contributed by atoms with E-state index in [1.165, 1.54) is 11.8 Å². The number of rotatable bonds is 8. The fourth-order valence-corrected chi connectivity index (χ4v) is 3.44. The lowest BCUT2D eigenvalue weighted by molar-refractivity contribution is -0.121. The quantitative estimate of drug-likeness (QED) is 0.693. The summed E-state index contributed by atoms with van der Waals surface area (Å²) in [4.78, 5) is 23.6. The minimum atomic E-state index is -0.395. The van der Waals surface area contributed by atoms with Crippen molar-refractivity contribution in [1.82, 2.24) is 20.1 Å². The van der Waals surface area contributed by atoms with Gasteiger partial charge in [0.15, 0.2) is 5.16 Å². The molecule has 8 heteroatoms. The average Bonchev–Trinajstić information content (AvgIpc) is 3.34. The molecule has 2 aromatic rings. The zero-order valence-electron chi connectivity index (χ0n) is 14.0. The maximum Gasteiger partial charge on any atom is 0.238 e. The maximum atomic E-state index is 12.7. The Morgan fingerprint density at radius 3 is 2.68 bits per heavy atom. The van der Waals surface area contributed by atoms with E-state index < -0.39 is 5.25 Å². The van der Waals surface area contributed by atoms with E-state index in [-0.39, 0.29) is 18.2 Å². The van der Waals surface area contributed by atoms with Crippen LogP contribution in [0, 0.1) is 0 Å². The summed E-state index contributed by atoms with van der Waals surface area (Å²) in [5.74, 6) is 0.291. The molecular weight excluding hydrogens is 338 g/mol. The van der Waals surface area contributed by atoms with Crippen LogP contribution >= 0.6 is 11.8 Å². The maximum absolute atomic E-state index is 12.7. The fourth-order valence-electron chi connectivity index (χ4n) is 2.41. The standard InChI is InChI=1S/C17H21N5O2S/c1-22-14(10-9-13(18)23)20-21-17(22)25-15(11-5-3-2-4-6-11)16(24)19-12-7-8-12/h2-6,12,15H,7-10H2,1H3,(H2,18,23)(H,19,24)/t15-/m1/s1. The minimum Gasteiger partial charge on any atom is -0.370 e. The Kier molecular flexibility index (Phi) is 5.37. The number of benzene rings is 1. The zero-order chi connectivity index (χ0) is 17.8. The Morgan fingerprint density at radius 2 is 2.04 bits per heavy atom. The number of carbonyl (C=O) groups excluding carboxylic acids is 2. The highest BCUT2D eigenvalue weighted by atomic mass is 32.2. The Labute approximate surface area is 150 Å². The van der Waals surface area contributed by atoms with E-state index in [0.29, 0.717) is 23.4 Å². The van der Waals surface area contributed by atoms with Crippen molar-refractivity contribution < 1.29 is 9.59 Å². The normalized spacial score (nSPS) is 14.9. The molecule has 0 aliphatic heterocycles. The van der Waals surface area contributed by atoms with Gasteiger partial charge in [0.05, 0.1) is 0 Å². The van der Waals surface area contributed by atoms with Crippen molar-refractivity contribution >= 4 is 23.6 Å². The summed E-state index contributed by atoms with van der Waals surface area (Å²) in [6.45, 7) is 0. The summed E-state index contributed by atoms with van der Waals surface area (Å²) in [6, 6.07) is 9.94. The van der Waals surface area contributed by atoms with Gasteiger partial charge in [0, 0.05) is 25.9 Å². The minimum absolute atomic E-state index is 0.0135. The van der Waals surface area contributed by atoms with E-state index in [1.807, 2.05) is 41.9 Å². The van der Waals surface area contributed by atoms with Crippen molar-refractivity contribution in [1.29, 1.82) is 0 Å². The van der Waals surface area contributed by atoms with Crippen LogP contribution in [0.1, 0.15) is 35.9 Å². The Bertz CT molecular complexity index is 758. The molecule has 0 radical (unpaired) electrons. The van der Waals surface area contributed by atoms with Gasteiger partial charge in [-0.05, 0) is 18.4 Å². The van der Waals surface area contributed by atoms with Gasteiger partial charge in [0.2, 0.25) is 11.8 Å². The van der Waals surface area contributed by atoms with Crippen LogP contribution in [-0.4, -0.2) is 32.6 Å². The van der Waals surface area contributed by atoms with E-state index in [0.717, 1.165) is 18.4 Å². The molecule has 7 nitrogen and oxygen atoms in total. The molecule has 1 aromatic heterocycles. The van der Waals surface area contributed by atoms with Gasteiger partial charge in [-0.1, -0.05) is 42.1 Å². The number of nitrogens with one attached hydrogen (secondary N) is 1. The van der Waals surface area contributed by atoms with Gasteiger partial charge in [0.25, 0.3) is 0 Å². The summed E-state index contributed by atoms with van der Waals surface area (Å²) in [5.41, 5.74) is 6.11. The molecule has 1 aliphatic carbocycles. The largest absolute Gasteiger partial charge is 0.370 e. The van der Waals surface area contributed by atoms with Crippen molar-refractivity contribution in [3.05, 3.63) is 41.7 Å². The number of carbonyl (C=O) groups is 2. The van der Waals surface area contributed by atoms with Crippen molar-refractivity contribution in [2.24, 2.45) is 12.8 Å². The SMILES string of the molecule is Cn1c(CCC(N)=O)nnc1S[C@@H](C(=O)NC1CC1)c1ccccc1. The molecule has 3 rings (SSSR count). The Morgan fingerprint density at radius 1 is 1.32 bits per heavy atom. The number of nitrogens with two attached hydrogens (primary N) is 1. The van der Waals surface area contributed by atoms with Gasteiger partial charge < -0.3 is 15.6 Å². The summed E-state index contributed by atoms with van der Waals surface area (Å²) < 4.78 is 1.81. The number of hydrogen-bond acceptors (Lipinski definition) is 5. The second kappa shape index (κ2) is 7.69. The van der Waals surface area contributed by atoms with E-state index in [4.69, 9.17) is 5.73 Å². The predicted octanol–water partition coefficient (Wildman–Crippen LogP) is 1.34. The molecule has 2 amide bonds. The molecule has 1 fully saturated rings. The molecule has 132 valence electrons. The highest BCUT2D eigenvalue weighted by Crippen LogP contribution is 2.35. The first-order valence-electron chi connectivity index (χ1n) is 8.23. The van der Waals surface area contributed by atoms with Crippen LogP contribution in [0.5, 0.6) is 0 Å². The summed E-state index contributed by atoms with van der Waals surface area (Å²) >= 11 is 1.36. The van der Waals surface area contributed by atoms with Crippen LogP contribution < -0.4 is 11.1 Å². The van der Waals surface area contributed by atoms with E-state index >= 15 is 0 Å². The first-order chi connectivity index (χ1) is 12.0. The molecule has 0 saturated heterocycles. The monoisotopic (exact) mass is 359 g/mol. The number of nitrogens with zero attached hydrogens (tertiary/aromatic N) is 3. The van der Waals surface area contributed by atoms with Gasteiger partial charge in [-0.15, -0.1) is 10.2 Å². The lowest BCUT2D eigenvalue weighted by atomic mass is 10.1. The van der Waals surface area contributed by atoms with Gasteiger partial charge in [0.1, 0.15) is 11.1 Å². The van der Waals surface area contributed by atoms with Gasteiger partial charge >= 0.3 is 0 Å². The topological polar surface area (TPSA) is 103 Å². The summed E-state index contributed by atoms with van der Waals surface area (Å²) in [5, 5.41) is 11.6. The highest BCUT2D eigenvalue weighted by Gasteiger charge is 2.30. The first-order valence-corrected chi connectivity index (χ1v) is 9.11. The molecule has 1 heterocycles. The molecule has 1 saturated carbocycles. The number of primary amides is 1. The smallest absolute Gasteiger partial charge is 0.238 e. The van der Waals surface area contributed by atoms with Crippen molar-refractivity contribution in [3.63, 3.8) is 0 Å². The highest BCUT2D eigenvalue weighted by molar-refractivity contribution is 8.00. The number of hydrogen-bond donors (Lipinski definition) is 2. The predicted molar refractivity (Wildman–Crippen MR) is 94.7 cm³/mol. The molecule has 0 unspecified atom stereocenters. The second-order valence-electron chi connectivity index (χ2n) is 6.12. The number of aryl methyl sites for hydroxylation is 1. The molecule has 1 atom stereocenters.